The molecular weight excluding hydrogens is 304 g/mol. The van der Waals surface area contributed by atoms with Gasteiger partial charge in [0.05, 0.1) is 11.6 Å². The van der Waals surface area contributed by atoms with Crippen LogP contribution >= 0.6 is 0 Å². The summed E-state index contributed by atoms with van der Waals surface area (Å²) in [5, 5.41) is 15.4. The number of likely N-dealkylation sites (tertiary alicyclic amines) is 1. The predicted molar refractivity (Wildman–Crippen MR) is 92.8 cm³/mol. The molecule has 0 spiro atoms. The van der Waals surface area contributed by atoms with Gasteiger partial charge in [0, 0.05) is 13.1 Å². The number of benzene rings is 1. The van der Waals surface area contributed by atoms with E-state index in [2.05, 4.69) is 40.3 Å². The molecule has 6 nitrogen and oxygen atoms in total. The molecule has 1 aliphatic rings. The van der Waals surface area contributed by atoms with Crippen LogP contribution in [0.5, 0.6) is 0 Å². The first kappa shape index (κ1) is 16.6. The molecule has 0 radical (unpaired) electrons. The van der Waals surface area contributed by atoms with Crippen molar-refractivity contribution in [3.8, 4) is 0 Å². The molecule has 0 N–H and O–H groups in total. The van der Waals surface area contributed by atoms with E-state index in [0.29, 0.717) is 18.1 Å². The second-order valence-electron chi connectivity index (χ2n) is 6.67. The van der Waals surface area contributed by atoms with E-state index in [1.54, 1.807) is 18.5 Å². The normalized spacial score (nSPS) is 16.4. The van der Waals surface area contributed by atoms with Crippen LogP contribution in [0.25, 0.3) is 0 Å². The highest BCUT2D eigenvalue weighted by Gasteiger charge is 2.24. The van der Waals surface area contributed by atoms with Gasteiger partial charge in [-0.2, -0.15) is 5.10 Å². The van der Waals surface area contributed by atoms with E-state index in [-0.39, 0.29) is 10.6 Å². The molecule has 1 fully saturated rings. The van der Waals surface area contributed by atoms with E-state index in [4.69, 9.17) is 0 Å². The molecule has 1 aromatic heterocycles. The van der Waals surface area contributed by atoms with Gasteiger partial charge in [0.15, 0.2) is 0 Å². The Hall–Kier alpha value is -2.21. The lowest BCUT2D eigenvalue weighted by molar-refractivity contribution is -0.386. The third kappa shape index (κ3) is 3.64. The molecule has 2 heterocycles. The van der Waals surface area contributed by atoms with Crippen molar-refractivity contribution in [1.29, 1.82) is 0 Å². The Morgan fingerprint density at radius 2 is 1.88 bits per heavy atom. The van der Waals surface area contributed by atoms with Crippen LogP contribution in [0.2, 0.25) is 0 Å². The molecule has 6 heteroatoms. The fraction of sp³-hybridized carbons (Fsp3) is 0.500. The Morgan fingerprint density at radius 3 is 2.46 bits per heavy atom. The van der Waals surface area contributed by atoms with Crippen molar-refractivity contribution in [1.82, 2.24) is 14.7 Å². The fourth-order valence-corrected chi connectivity index (χ4v) is 3.56. The fourth-order valence-electron chi connectivity index (χ4n) is 3.56. The van der Waals surface area contributed by atoms with E-state index in [0.717, 1.165) is 38.3 Å². The minimum absolute atomic E-state index is 0.147. The molecule has 0 amide bonds. The van der Waals surface area contributed by atoms with Crippen LogP contribution in [0.3, 0.4) is 0 Å². The molecule has 0 unspecified atom stereocenters. The summed E-state index contributed by atoms with van der Waals surface area (Å²) >= 11 is 0. The molecule has 2 aromatic rings. The average molecular weight is 328 g/mol. The van der Waals surface area contributed by atoms with Gasteiger partial charge >= 0.3 is 5.69 Å². The number of aryl methyl sites for hydroxylation is 1. The number of rotatable bonds is 5. The van der Waals surface area contributed by atoms with Crippen LogP contribution in [-0.2, 0) is 13.1 Å². The van der Waals surface area contributed by atoms with Crippen LogP contribution in [0.1, 0.15) is 29.8 Å². The monoisotopic (exact) mass is 328 g/mol. The number of nitrogens with zero attached hydrogens (tertiary/aromatic N) is 4. The number of nitro groups is 1. The molecule has 24 heavy (non-hydrogen) atoms. The maximum absolute atomic E-state index is 11.1. The minimum Gasteiger partial charge on any atom is -0.284 e. The third-order valence-corrected chi connectivity index (χ3v) is 4.93. The molecule has 1 aliphatic heterocycles. The van der Waals surface area contributed by atoms with Crippen LogP contribution in [-0.4, -0.2) is 32.7 Å². The van der Waals surface area contributed by atoms with Gasteiger partial charge in [-0.3, -0.25) is 15.0 Å². The van der Waals surface area contributed by atoms with Gasteiger partial charge in [0.1, 0.15) is 11.4 Å². The summed E-state index contributed by atoms with van der Waals surface area (Å²) in [6.07, 6.45) is 3.46. The topological polar surface area (TPSA) is 64.2 Å². The summed E-state index contributed by atoms with van der Waals surface area (Å²) in [6.45, 7) is 6.15. The van der Waals surface area contributed by atoms with E-state index in [1.165, 1.54) is 5.56 Å². The summed E-state index contributed by atoms with van der Waals surface area (Å²) in [5.74, 6) is 0.721. The highest BCUT2D eigenvalue weighted by Crippen LogP contribution is 2.25. The van der Waals surface area contributed by atoms with Gasteiger partial charge in [-0.25, -0.2) is 4.68 Å². The Labute approximate surface area is 142 Å². The smallest absolute Gasteiger partial charge is 0.284 e. The van der Waals surface area contributed by atoms with Crippen LogP contribution in [0, 0.1) is 29.9 Å². The first-order chi connectivity index (χ1) is 11.5. The standard InChI is InChI=1S/C18H24N4O2/c1-14-18(22(23)24)15(2)21(19-14)13-20-10-8-17(9-11-20)12-16-6-4-3-5-7-16/h3-7,17H,8-13H2,1-2H3. The molecule has 3 rings (SSSR count). The first-order valence-electron chi connectivity index (χ1n) is 8.49. The van der Waals surface area contributed by atoms with Crippen molar-refractivity contribution in [2.45, 2.75) is 39.8 Å². The van der Waals surface area contributed by atoms with Crippen molar-refractivity contribution in [3.63, 3.8) is 0 Å². The van der Waals surface area contributed by atoms with Crippen molar-refractivity contribution < 1.29 is 4.92 Å². The van der Waals surface area contributed by atoms with Gasteiger partial charge in [0.2, 0.25) is 0 Å². The Balaban J connectivity index is 1.56. The van der Waals surface area contributed by atoms with Gasteiger partial charge in [-0.15, -0.1) is 0 Å². The molecular formula is C18H24N4O2. The molecule has 1 saturated heterocycles. The summed E-state index contributed by atoms with van der Waals surface area (Å²) in [7, 11) is 0. The second-order valence-corrected chi connectivity index (χ2v) is 6.67. The van der Waals surface area contributed by atoms with E-state index in [9.17, 15) is 10.1 Å². The van der Waals surface area contributed by atoms with Gasteiger partial charge < -0.3 is 0 Å². The van der Waals surface area contributed by atoms with E-state index >= 15 is 0 Å². The molecule has 0 aliphatic carbocycles. The number of piperidine rings is 1. The molecule has 0 atom stereocenters. The van der Waals surface area contributed by atoms with Crippen LogP contribution in [0.15, 0.2) is 30.3 Å². The number of aromatic nitrogens is 2. The SMILES string of the molecule is Cc1nn(CN2CCC(Cc3ccccc3)CC2)c(C)c1[N+](=O)[O-]. The van der Waals surface area contributed by atoms with E-state index < -0.39 is 0 Å². The van der Waals surface area contributed by atoms with Crippen molar-refractivity contribution in [3.05, 3.63) is 57.4 Å². The Bertz CT molecular complexity index is 703. The number of hydrogen-bond acceptors (Lipinski definition) is 4. The van der Waals surface area contributed by atoms with Gasteiger partial charge in [-0.05, 0) is 44.6 Å². The lowest BCUT2D eigenvalue weighted by Gasteiger charge is -2.32. The molecule has 1 aromatic carbocycles. The highest BCUT2D eigenvalue weighted by atomic mass is 16.6. The second kappa shape index (κ2) is 7.13. The average Bonchev–Trinajstić information content (AvgIpc) is 2.84. The Morgan fingerprint density at radius 1 is 1.21 bits per heavy atom. The van der Waals surface area contributed by atoms with Gasteiger partial charge in [0.25, 0.3) is 0 Å². The summed E-state index contributed by atoms with van der Waals surface area (Å²) in [5.41, 5.74) is 2.69. The zero-order chi connectivity index (χ0) is 17.1. The van der Waals surface area contributed by atoms with E-state index in [1.807, 2.05) is 0 Å². The first-order valence-corrected chi connectivity index (χ1v) is 8.49. The largest absolute Gasteiger partial charge is 0.312 e. The lowest BCUT2D eigenvalue weighted by atomic mass is 9.90. The number of hydrogen-bond donors (Lipinski definition) is 0. The summed E-state index contributed by atoms with van der Waals surface area (Å²) < 4.78 is 1.77. The minimum atomic E-state index is -0.333. The van der Waals surface area contributed by atoms with Crippen molar-refractivity contribution >= 4 is 5.69 Å². The maximum Gasteiger partial charge on any atom is 0.312 e. The summed E-state index contributed by atoms with van der Waals surface area (Å²) in [4.78, 5) is 13.1. The van der Waals surface area contributed by atoms with Crippen molar-refractivity contribution in [2.75, 3.05) is 13.1 Å². The molecule has 0 bridgehead atoms. The zero-order valence-electron chi connectivity index (χ0n) is 14.3. The molecule has 0 saturated carbocycles. The van der Waals surface area contributed by atoms with Crippen LogP contribution in [0.4, 0.5) is 5.69 Å². The highest BCUT2D eigenvalue weighted by molar-refractivity contribution is 5.39. The quantitative estimate of drug-likeness (QED) is 0.624. The van der Waals surface area contributed by atoms with Gasteiger partial charge in [-0.1, -0.05) is 30.3 Å². The van der Waals surface area contributed by atoms with Crippen LogP contribution < -0.4 is 0 Å². The van der Waals surface area contributed by atoms with Crippen molar-refractivity contribution in [2.24, 2.45) is 5.92 Å². The summed E-state index contributed by atoms with van der Waals surface area (Å²) in [6, 6.07) is 10.6. The maximum atomic E-state index is 11.1. The zero-order valence-corrected chi connectivity index (χ0v) is 14.3. The third-order valence-electron chi connectivity index (χ3n) is 4.93. The molecule has 128 valence electrons. The lowest BCUT2D eigenvalue weighted by Crippen LogP contribution is -2.36. The Kier molecular flexibility index (Phi) is 4.94. The predicted octanol–water partition coefficient (Wildman–Crippen LogP) is 3.32.